The van der Waals surface area contributed by atoms with Gasteiger partial charge in [0.25, 0.3) is 0 Å². The zero-order valence-corrected chi connectivity index (χ0v) is 12.3. The lowest BCUT2D eigenvalue weighted by atomic mass is 9.72. The molecule has 0 atom stereocenters. The van der Waals surface area contributed by atoms with Crippen molar-refractivity contribution in [1.29, 1.82) is 0 Å². The van der Waals surface area contributed by atoms with Crippen LogP contribution in [0.1, 0.15) is 59.8 Å². The second-order valence-electron chi connectivity index (χ2n) is 6.85. The Morgan fingerprint density at radius 1 is 1.18 bits per heavy atom. The lowest BCUT2D eigenvalue weighted by molar-refractivity contribution is 0.00530. The number of rotatable bonds is 6. The Balaban J connectivity index is 2.46. The van der Waals surface area contributed by atoms with Gasteiger partial charge in [-0.3, -0.25) is 0 Å². The van der Waals surface area contributed by atoms with Gasteiger partial charge in [0, 0.05) is 19.8 Å². The summed E-state index contributed by atoms with van der Waals surface area (Å²) in [5, 5.41) is 3.63. The van der Waals surface area contributed by atoms with Crippen LogP contribution in [-0.2, 0) is 4.74 Å². The normalized spacial score (nSPS) is 20.5. The van der Waals surface area contributed by atoms with Crippen LogP contribution in [0, 0.1) is 10.8 Å². The molecular weight excluding hydrogens is 210 g/mol. The van der Waals surface area contributed by atoms with Gasteiger partial charge in [0.15, 0.2) is 0 Å². The van der Waals surface area contributed by atoms with Crippen LogP contribution >= 0.6 is 0 Å². The van der Waals surface area contributed by atoms with Gasteiger partial charge < -0.3 is 10.1 Å². The van der Waals surface area contributed by atoms with Gasteiger partial charge in [0.2, 0.25) is 0 Å². The molecule has 1 heterocycles. The molecule has 1 aliphatic heterocycles. The fourth-order valence-electron chi connectivity index (χ4n) is 2.49. The summed E-state index contributed by atoms with van der Waals surface area (Å²) in [6.07, 6.45) is 6.36. The van der Waals surface area contributed by atoms with E-state index in [1.807, 2.05) is 0 Å². The second kappa shape index (κ2) is 6.75. The van der Waals surface area contributed by atoms with Gasteiger partial charge in [-0.1, -0.05) is 27.7 Å². The Morgan fingerprint density at radius 3 is 2.35 bits per heavy atom. The molecule has 1 N–H and O–H groups in total. The maximum absolute atomic E-state index is 5.54. The number of nitrogens with one attached hydrogen (secondary N) is 1. The zero-order chi connectivity index (χ0) is 12.8. The first-order chi connectivity index (χ1) is 7.97. The number of hydrogen-bond donors (Lipinski definition) is 1. The van der Waals surface area contributed by atoms with E-state index in [-0.39, 0.29) is 0 Å². The predicted molar refractivity (Wildman–Crippen MR) is 74.3 cm³/mol. The molecule has 1 aliphatic rings. The first-order valence-electron chi connectivity index (χ1n) is 7.26. The molecule has 0 unspecified atom stereocenters. The van der Waals surface area contributed by atoms with E-state index in [0.717, 1.165) is 19.8 Å². The third-order valence-corrected chi connectivity index (χ3v) is 3.89. The van der Waals surface area contributed by atoms with Crippen LogP contribution in [0.15, 0.2) is 0 Å². The van der Waals surface area contributed by atoms with Crippen molar-refractivity contribution in [3.63, 3.8) is 0 Å². The van der Waals surface area contributed by atoms with Gasteiger partial charge in [-0.15, -0.1) is 0 Å². The van der Waals surface area contributed by atoms with Crippen LogP contribution in [0.5, 0.6) is 0 Å². The van der Waals surface area contributed by atoms with Crippen molar-refractivity contribution < 1.29 is 4.74 Å². The molecule has 17 heavy (non-hydrogen) atoms. The average molecular weight is 241 g/mol. The van der Waals surface area contributed by atoms with Gasteiger partial charge in [-0.25, -0.2) is 0 Å². The molecule has 1 fully saturated rings. The first-order valence-corrected chi connectivity index (χ1v) is 7.26. The molecule has 0 aromatic carbocycles. The molecule has 2 nitrogen and oxygen atoms in total. The van der Waals surface area contributed by atoms with E-state index >= 15 is 0 Å². The van der Waals surface area contributed by atoms with E-state index < -0.39 is 0 Å². The summed E-state index contributed by atoms with van der Waals surface area (Å²) in [6.45, 7) is 13.5. The van der Waals surface area contributed by atoms with E-state index in [1.165, 1.54) is 38.6 Å². The zero-order valence-electron chi connectivity index (χ0n) is 12.3. The van der Waals surface area contributed by atoms with Crippen LogP contribution in [0.3, 0.4) is 0 Å². The number of ether oxygens (including phenoxy) is 1. The summed E-state index contributed by atoms with van der Waals surface area (Å²) < 4.78 is 5.54. The van der Waals surface area contributed by atoms with E-state index in [2.05, 4.69) is 33.0 Å². The van der Waals surface area contributed by atoms with Crippen LogP contribution in [0.2, 0.25) is 0 Å². The van der Waals surface area contributed by atoms with E-state index in [0.29, 0.717) is 10.8 Å². The molecule has 0 aromatic rings. The quantitative estimate of drug-likeness (QED) is 0.717. The molecule has 0 bridgehead atoms. The molecule has 0 spiro atoms. The van der Waals surface area contributed by atoms with Gasteiger partial charge in [-0.05, 0) is 49.5 Å². The minimum atomic E-state index is 0.454. The standard InChI is InChI=1S/C15H31NO/c1-5-10-16-13-15(7-6-14(2,3)4)8-11-17-12-9-15/h16H,5-13H2,1-4H3. The van der Waals surface area contributed by atoms with Gasteiger partial charge in [0.05, 0.1) is 0 Å². The van der Waals surface area contributed by atoms with Crippen LogP contribution in [0.25, 0.3) is 0 Å². The summed E-state index contributed by atoms with van der Waals surface area (Å²) in [5.74, 6) is 0. The third kappa shape index (κ3) is 5.87. The van der Waals surface area contributed by atoms with Crippen molar-refractivity contribution in [3.8, 4) is 0 Å². The van der Waals surface area contributed by atoms with Gasteiger partial charge in [-0.2, -0.15) is 0 Å². The molecule has 1 rings (SSSR count). The SMILES string of the molecule is CCCNCC1(CCC(C)(C)C)CCOCC1. The third-order valence-electron chi connectivity index (χ3n) is 3.89. The van der Waals surface area contributed by atoms with Crippen LogP contribution in [0.4, 0.5) is 0 Å². The molecule has 0 saturated carbocycles. The lowest BCUT2D eigenvalue weighted by Gasteiger charge is -2.39. The highest BCUT2D eigenvalue weighted by molar-refractivity contribution is 4.85. The average Bonchev–Trinajstić information content (AvgIpc) is 2.28. The first kappa shape index (κ1) is 15.0. The maximum atomic E-state index is 5.54. The van der Waals surface area contributed by atoms with Crippen molar-refractivity contribution in [3.05, 3.63) is 0 Å². The van der Waals surface area contributed by atoms with E-state index in [1.54, 1.807) is 0 Å². The molecule has 2 heteroatoms. The van der Waals surface area contributed by atoms with Crippen molar-refractivity contribution in [2.45, 2.75) is 59.8 Å². The summed E-state index contributed by atoms with van der Waals surface area (Å²) in [7, 11) is 0. The maximum Gasteiger partial charge on any atom is 0.0471 e. The highest BCUT2D eigenvalue weighted by Gasteiger charge is 2.33. The predicted octanol–water partition coefficient (Wildman–Crippen LogP) is 3.61. The monoisotopic (exact) mass is 241 g/mol. The van der Waals surface area contributed by atoms with Crippen molar-refractivity contribution in [2.24, 2.45) is 10.8 Å². The van der Waals surface area contributed by atoms with Crippen LogP contribution < -0.4 is 5.32 Å². The summed E-state index contributed by atoms with van der Waals surface area (Å²) >= 11 is 0. The highest BCUT2D eigenvalue weighted by atomic mass is 16.5. The van der Waals surface area contributed by atoms with Crippen molar-refractivity contribution >= 4 is 0 Å². The fraction of sp³-hybridized carbons (Fsp3) is 1.00. The Bertz CT molecular complexity index is 201. The molecule has 1 saturated heterocycles. The molecule has 0 aromatic heterocycles. The number of hydrogen-bond acceptors (Lipinski definition) is 2. The molecule has 0 aliphatic carbocycles. The highest BCUT2D eigenvalue weighted by Crippen LogP contribution is 2.38. The van der Waals surface area contributed by atoms with Crippen LogP contribution in [-0.4, -0.2) is 26.3 Å². The smallest absolute Gasteiger partial charge is 0.0471 e. The molecular formula is C15H31NO. The Hall–Kier alpha value is -0.0800. The Morgan fingerprint density at radius 2 is 1.82 bits per heavy atom. The van der Waals surface area contributed by atoms with E-state index in [4.69, 9.17) is 4.74 Å². The van der Waals surface area contributed by atoms with Gasteiger partial charge >= 0.3 is 0 Å². The minimum Gasteiger partial charge on any atom is -0.381 e. The Labute approximate surface area is 108 Å². The van der Waals surface area contributed by atoms with Crippen molar-refractivity contribution in [2.75, 3.05) is 26.3 Å². The fourth-order valence-corrected chi connectivity index (χ4v) is 2.49. The Kier molecular flexibility index (Phi) is 5.94. The van der Waals surface area contributed by atoms with Gasteiger partial charge in [0.1, 0.15) is 0 Å². The molecule has 0 amide bonds. The summed E-state index contributed by atoms with van der Waals surface area (Å²) in [5.41, 5.74) is 0.955. The second-order valence-corrected chi connectivity index (χ2v) is 6.85. The lowest BCUT2D eigenvalue weighted by Crippen LogP contribution is -2.40. The molecule has 102 valence electrons. The summed E-state index contributed by atoms with van der Waals surface area (Å²) in [4.78, 5) is 0. The molecule has 0 radical (unpaired) electrons. The van der Waals surface area contributed by atoms with E-state index in [9.17, 15) is 0 Å². The van der Waals surface area contributed by atoms with Crippen molar-refractivity contribution in [1.82, 2.24) is 5.32 Å². The topological polar surface area (TPSA) is 21.3 Å². The minimum absolute atomic E-state index is 0.454. The largest absolute Gasteiger partial charge is 0.381 e. The summed E-state index contributed by atoms with van der Waals surface area (Å²) in [6, 6.07) is 0.